The van der Waals surface area contributed by atoms with E-state index in [1.54, 1.807) is 0 Å². The highest BCUT2D eigenvalue weighted by molar-refractivity contribution is 6.40. The van der Waals surface area contributed by atoms with Crippen molar-refractivity contribution in [3.63, 3.8) is 0 Å². The molecule has 0 bridgehead atoms. The molecule has 13 heavy (non-hydrogen) atoms. The van der Waals surface area contributed by atoms with E-state index in [1.807, 2.05) is 0 Å². The van der Waals surface area contributed by atoms with Crippen molar-refractivity contribution in [1.82, 2.24) is 9.97 Å². The second-order valence-corrected chi connectivity index (χ2v) is 2.82. The normalized spacial score (nSPS) is 9.69. The molecule has 0 radical (unpaired) electrons. The number of aromatic nitrogens is 2. The van der Waals surface area contributed by atoms with E-state index in [2.05, 4.69) is 16.5 Å². The third kappa shape index (κ3) is 1.96. The second kappa shape index (κ2) is 3.72. The number of hydrogen-bond donors (Lipinski definition) is 1. The lowest BCUT2D eigenvalue weighted by atomic mass is 10.3. The predicted molar refractivity (Wildman–Crippen MR) is 51.0 cm³/mol. The Morgan fingerprint density at radius 3 is 2.46 bits per heavy atom. The van der Waals surface area contributed by atoms with Crippen molar-refractivity contribution in [2.75, 3.05) is 5.73 Å². The van der Waals surface area contributed by atoms with Crippen LogP contribution in [-0.2, 0) is 0 Å². The molecule has 4 nitrogen and oxygen atoms in total. The average Bonchev–Trinajstić information content (AvgIpc) is 2.10. The summed E-state index contributed by atoms with van der Waals surface area (Å²) in [5.41, 5.74) is 5.34. The minimum atomic E-state index is -0.441. The average molecular weight is 218 g/mol. The SMILES string of the molecule is C=CC(=O)c1nc(Cl)c(Cl)nc1N. The van der Waals surface area contributed by atoms with Crippen LogP contribution in [0.4, 0.5) is 5.82 Å². The summed E-state index contributed by atoms with van der Waals surface area (Å²) in [6, 6.07) is 0. The van der Waals surface area contributed by atoms with Crippen LogP contribution in [-0.4, -0.2) is 15.8 Å². The molecule has 0 saturated heterocycles. The van der Waals surface area contributed by atoms with Crippen LogP contribution in [0.5, 0.6) is 0 Å². The number of nitrogen functional groups attached to an aromatic ring is 1. The van der Waals surface area contributed by atoms with E-state index in [-0.39, 0.29) is 21.8 Å². The third-order valence-corrected chi connectivity index (χ3v) is 1.88. The molecule has 0 atom stereocenters. The lowest BCUT2D eigenvalue weighted by Crippen LogP contribution is -2.06. The van der Waals surface area contributed by atoms with Gasteiger partial charge in [0.2, 0.25) is 5.78 Å². The molecule has 0 unspecified atom stereocenters. The van der Waals surface area contributed by atoms with Gasteiger partial charge < -0.3 is 5.73 Å². The maximum Gasteiger partial charge on any atom is 0.207 e. The van der Waals surface area contributed by atoms with Crippen molar-refractivity contribution >= 4 is 34.8 Å². The number of rotatable bonds is 2. The van der Waals surface area contributed by atoms with Crippen LogP contribution >= 0.6 is 23.2 Å². The summed E-state index contributed by atoms with van der Waals surface area (Å²) in [5.74, 6) is -0.497. The van der Waals surface area contributed by atoms with Crippen molar-refractivity contribution in [3.8, 4) is 0 Å². The number of nitrogens with zero attached hydrogens (tertiary/aromatic N) is 2. The van der Waals surface area contributed by atoms with Crippen molar-refractivity contribution in [2.45, 2.75) is 0 Å². The van der Waals surface area contributed by atoms with E-state index >= 15 is 0 Å². The van der Waals surface area contributed by atoms with Crippen LogP contribution in [0.2, 0.25) is 10.3 Å². The van der Waals surface area contributed by atoms with Crippen LogP contribution in [0, 0.1) is 0 Å². The van der Waals surface area contributed by atoms with E-state index in [1.165, 1.54) is 0 Å². The molecular weight excluding hydrogens is 213 g/mol. The van der Waals surface area contributed by atoms with E-state index < -0.39 is 5.78 Å². The first-order valence-electron chi connectivity index (χ1n) is 3.21. The third-order valence-electron chi connectivity index (χ3n) is 1.26. The zero-order chi connectivity index (χ0) is 10.0. The Hall–Kier alpha value is -1.13. The summed E-state index contributed by atoms with van der Waals surface area (Å²) in [4.78, 5) is 18.4. The summed E-state index contributed by atoms with van der Waals surface area (Å²) in [6.45, 7) is 3.28. The zero-order valence-corrected chi connectivity index (χ0v) is 7.93. The lowest BCUT2D eigenvalue weighted by Gasteiger charge is -2.01. The van der Waals surface area contributed by atoms with Crippen LogP contribution in [0.15, 0.2) is 12.7 Å². The maximum absolute atomic E-state index is 11.1. The van der Waals surface area contributed by atoms with E-state index in [0.717, 1.165) is 6.08 Å². The largest absolute Gasteiger partial charge is 0.382 e. The highest BCUT2D eigenvalue weighted by Crippen LogP contribution is 2.20. The molecule has 0 spiro atoms. The maximum atomic E-state index is 11.1. The fourth-order valence-electron chi connectivity index (χ4n) is 0.684. The fraction of sp³-hybridized carbons (Fsp3) is 0. The number of allylic oxidation sites excluding steroid dienone is 1. The molecule has 1 rings (SSSR count). The number of ketones is 1. The minimum Gasteiger partial charge on any atom is -0.382 e. The Bertz CT molecular complexity index is 378. The topological polar surface area (TPSA) is 68.9 Å². The molecule has 1 aromatic rings. The smallest absolute Gasteiger partial charge is 0.207 e. The Morgan fingerprint density at radius 2 is 1.92 bits per heavy atom. The fourth-order valence-corrected chi connectivity index (χ4v) is 0.944. The Labute approximate surface area is 84.4 Å². The van der Waals surface area contributed by atoms with E-state index in [4.69, 9.17) is 28.9 Å². The van der Waals surface area contributed by atoms with Gasteiger partial charge in [0.25, 0.3) is 0 Å². The van der Waals surface area contributed by atoms with Gasteiger partial charge in [-0.1, -0.05) is 29.8 Å². The Kier molecular flexibility index (Phi) is 2.85. The van der Waals surface area contributed by atoms with Crippen LogP contribution < -0.4 is 5.73 Å². The molecule has 0 aliphatic rings. The summed E-state index contributed by atoms with van der Waals surface area (Å²) in [7, 11) is 0. The van der Waals surface area contributed by atoms with Crippen molar-refractivity contribution in [3.05, 3.63) is 28.7 Å². The summed E-state index contributed by atoms with van der Waals surface area (Å²) in [5, 5.41) is -0.0826. The lowest BCUT2D eigenvalue weighted by molar-refractivity contribution is 0.104. The van der Waals surface area contributed by atoms with E-state index in [0.29, 0.717) is 0 Å². The predicted octanol–water partition coefficient (Wildman–Crippen LogP) is 1.73. The first-order valence-corrected chi connectivity index (χ1v) is 3.97. The van der Waals surface area contributed by atoms with E-state index in [9.17, 15) is 4.79 Å². The molecule has 0 amide bonds. The van der Waals surface area contributed by atoms with Gasteiger partial charge in [-0.25, -0.2) is 9.97 Å². The van der Waals surface area contributed by atoms with Gasteiger partial charge >= 0.3 is 0 Å². The number of anilines is 1. The number of hydrogen-bond acceptors (Lipinski definition) is 4. The molecule has 1 aromatic heterocycles. The first-order chi connectivity index (χ1) is 6.06. The molecule has 2 N–H and O–H groups in total. The molecule has 0 aliphatic heterocycles. The van der Waals surface area contributed by atoms with Gasteiger partial charge in [-0.15, -0.1) is 0 Å². The van der Waals surface area contributed by atoms with Gasteiger partial charge in [0.15, 0.2) is 21.8 Å². The number of carbonyl (C=O) groups is 1. The van der Waals surface area contributed by atoms with Gasteiger partial charge in [-0.2, -0.15) is 0 Å². The zero-order valence-electron chi connectivity index (χ0n) is 6.42. The molecule has 0 aliphatic carbocycles. The van der Waals surface area contributed by atoms with Crippen LogP contribution in [0.3, 0.4) is 0 Å². The van der Waals surface area contributed by atoms with Gasteiger partial charge in [-0.3, -0.25) is 4.79 Å². The minimum absolute atomic E-state index is 0.0280. The summed E-state index contributed by atoms with van der Waals surface area (Å²) >= 11 is 11.1. The monoisotopic (exact) mass is 217 g/mol. The van der Waals surface area contributed by atoms with Crippen molar-refractivity contribution in [2.24, 2.45) is 0 Å². The molecule has 0 saturated carbocycles. The highest BCUT2D eigenvalue weighted by atomic mass is 35.5. The standard InChI is InChI=1S/C7H5Cl2N3O/c1-2-3(13)4-7(10)12-6(9)5(8)11-4/h2H,1H2,(H2,10,12). The molecule has 0 aromatic carbocycles. The first kappa shape index (κ1) is 9.95. The molecule has 0 fully saturated rings. The number of nitrogens with two attached hydrogens (primary N) is 1. The molecule has 6 heteroatoms. The highest BCUT2D eigenvalue weighted by Gasteiger charge is 2.12. The van der Waals surface area contributed by atoms with Crippen LogP contribution in [0.25, 0.3) is 0 Å². The van der Waals surface area contributed by atoms with Gasteiger partial charge in [0.05, 0.1) is 0 Å². The second-order valence-electron chi connectivity index (χ2n) is 2.11. The molecule has 68 valence electrons. The quantitative estimate of drug-likeness (QED) is 0.606. The Balaban J connectivity index is 3.31. The number of carbonyl (C=O) groups excluding carboxylic acids is 1. The van der Waals surface area contributed by atoms with Gasteiger partial charge in [0, 0.05) is 0 Å². The Morgan fingerprint density at radius 1 is 1.38 bits per heavy atom. The van der Waals surface area contributed by atoms with Gasteiger partial charge in [-0.05, 0) is 6.08 Å². The summed E-state index contributed by atoms with van der Waals surface area (Å²) in [6.07, 6.45) is 1.07. The molecular formula is C7H5Cl2N3O. The van der Waals surface area contributed by atoms with Crippen molar-refractivity contribution in [1.29, 1.82) is 0 Å². The van der Waals surface area contributed by atoms with Gasteiger partial charge in [0.1, 0.15) is 0 Å². The molecule has 1 heterocycles. The van der Waals surface area contributed by atoms with Crippen molar-refractivity contribution < 1.29 is 4.79 Å². The summed E-state index contributed by atoms with van der Waals surface area (Å²) < 4.78 is 0. The number of halogens is 2. The van der Waals surface area contributed by atoms with Crippen LogP contribution in [0.1, 0.15) is 10.5 Å².